The molecular formula is C12H16BrN3O2S3. The first-order valence-electron chi connectivity index (χ1n) is 6.24. The number of aromatic nitrogens is 1. The quantitative estimate of drug-likeness (QED) is 0.764. The lowest BCUT2D eigenvalue weighted by atomic mass is 10.4. The van der Waals surface area contributed by atoms with Crippen molar-refractivity contribution < 1.29 is 8.42 Å². The van der Waals surface area contributed by atoms with Gasteiger partial charge in [0.2, 0.25) is 0 Å². The first-order valence-corrected chi connectivity index (χ1v) is 10.2. The second-order valence-electron chi connectivity index (χ2n) is 4.79. The van der Waals surface area contributed by atoms with E-state index in [0.717, 1.165) is 10.6 Å². The molecule has 0 aliphatic rings. The van der Waals surface area contributed by atoms with Gasteiger partial charge in [-0.25, -0.2) is 13.4 Å². The number of sulfonamides is 1. The van der Waals surface area contributed by atoms with Gasteiger partial charge in [0.25, 0.3) is 10.0 Å². The summed E-state index contributed by atoms with van der Waals surface area (Å²) in [4.78, 5) is 5.34. The van der Waals surface area contributed by atoms with Gasteiger partial charge in [-0.3, -0.25) is 4.72 Å². The molecule has 0 aromatic carbocycles. The number of hydrogen-bond donors (Lipinski definition) is 2. The molecule has 2 N–H and O–H groups in total. The van der Waals surface area contributed by atoms with E-state index in [9.17, 15) is 8.42 Å². The number of aryl methyl sites for hydroxylation is 1. The number of nitrogens with zero attached hydrogens (tertiary/aromatic N) is 1. The average molecular weight is 410 g/mol. The molecule has 0 fully saturated rings. The molecule has 0 unspecified atom stereocenters. The molecule has 2 heterocycles. The maximum Gasteiger partial charge on any atom is 0.265 e. The Morgan fingerprint density at radius 2 is 2.14 bits per heavy atom. The summed E-state index contributed by atoms with van der Waals surface area (Å²) in [5, 5.41) is 5.46. The highest BCUT2D eigenvalue weighted by Gasteiger charge is 2.22. The van der Waals surface area contributed by atoms with E-state index in [1.165, 1.54) is 22.7 Å². The van der Waals surface area contributed by atoms with Gasteiger partial charge in [-0.15, -0.1) is 22.7 Å². The normalized spacial score (nSPS) is 12.0. The van der Waals surface area contributed by atoms with Gasteiger partial charge in [-0.05, 0) is 28.9 Å². The van der Waals surface area contributed by atoms with Crippen LogP contribution < -0.4 is 10.0 Å². The Morgan fingerprint density at radius 1 is 1.43 bits per heavy atom. The number of thiazole rings is 1. The topological polar surface area (TPSA) is 71.1 Å². The van der Waals surface area contributed by atoms with Gasteiger partial charge in [0.05, 0.1) is 9.48 Å². The van der Waals surface area contributed by atoms with Gasteiger partial charge in [0, 0.05) is 22.8 Å². The maximum atomic E-state index is 12.4. The summed E-state index contributed by atoms with van der Waals surface area (Å²) >= 11 is 6.02. The zero-order valence-electron chi connectivity index (χ0n) is 11.8. The van der Waals surface area contributed by atoms with E-state index < -0.39 is 10.0 Å². The Balaban J connectivity index is 2.19. The Labute approximate surface area is 141 Å². The van der Waals surface area contributed by atoms with Crippen molar-refractivity contribution in [3.8, 4) is 0 Å². The molecule has 21 heavy (non-hydrogen) atoms. The summed E-state index contributed by atoms with van der Waals surface area (Å²) in [7, 11) is -3.61. The molecule has 2 rings (SSSR count). The minimum Gasteiger partial charge on any atom is -0.310 e. The van der Waals surface area contributed by atoms with Crippen molar-refractivity contribution in [2.75, 3.05) is 4.72 Å². The Kier molecular flexibility index (Phi) is 5.42. The predicted molar refractivity (Wildman–Crippen MR) is 91.7 cm³/mol. The molecule has 0 atom stereocenters. The summed E-state index contributed by atoms with van der Waals surface area (Å²) in [6, 6.07) is 2.04. The van der Waals surface area contributed by atoms with E-state index in [1.54, 1.807) is 11.4 Å². The third kappa shape index (κ3) is 4.49. The van der Waals surface area contributed by atoms with Crippen molar-refractivity contribution in [2.24, 2.45) is 0 Å². The summed E-state index contributed by atoms with van der Waals surface area (Å²) in [6.45, 7) is 6.57. The predicted octanol–water partition coefficient (Wildman–Crippen LogP) is 3.57. The summed E-state index contributed by atoms with van der Waals surface area (Å²) < 4.78 is 27.9. The Bertz CT molecular complexity index is 722. The lowest BCUT2D eigenvalue weighted by Crippen LogP contribution is -2.21. The van der Waals surface area contributed by atoms with Gasteiger partial charge >= 0.3 is 0 Å². The van der Waals surface area contributed by atoms with Crippen LogP contribution in [-0.4, -0.2) is 19.4 Å². The highest BCUT2D eigenvalue weighted by Crippen LogP contribution is 2.33. The molecule has 0 aliphatic carbocycles. The van der Waals surface area contributed by atoms with Crippen molar-refractivity contribution >= 4 is 53.8 Å². The highest BCUT2D eigenvalue weighted by atomic mass is 79.9. The molecule has 0 saturated heterocycles. The summed E-state index contributed by atoms with van der Waals surface area (Å²) in [5.41, 5.74) is 0.795. The first kappa shape index (κ1) is 16.9. The molecule has 2 aromatic rings. The van der Waals surface area contributed by atoms with Crippen LogP contribution in [0.15, 0.2) is 20.1 Å². The number of nitrogens with one attached hydrogen (secondary N) is 2. The molecule has 2 aromatic heterocycles. The third-order valence-electron chi connectivity index (χ3n) is 2.52. The fourth-order valence-electron chi connectivity index (χ4n) is 1.54. The van der Waals surface area contributed by atoms with E-state index in [0.29, 0.717) is 21.5 Å². The highest BCUT2D eigenvalue weighted by molar-refractivity contribution is 9.11. The monoisotopic (exact) mass is 409 g/mol. The van der Waals surface area contributed by atoms with Crippen LogP contribution in [0.5, 0.6) is 0 Å². The molecule has 9 heteroatoms. The average Bonchev–Trinajstić information content (AvgIpc) is 2.93. The second-order valence-corrected chi connectivity index (χ2v) is 9.75. The number of anilines is 1. The van der Waals surface area contributed by atoms with E-state index in [4.69, 9.17) is 0 Å². The van der Waals surface area contributed by atoms with Crippen LogP contribution in [0.2, 0.25) is 0 Å². The van der Waals surface area contributed by atoms with Crippen molar-refractivity contribution in [3.05, 3.63) is 25.8 Å². The van der Waals surface area contributed by atoms with Gasteiger partial charge in [0.15, 0.2) is 5.13 Å². The van der Waals surface area contributed by atoms with Crippen LogP contribution in [0.25, 0.3) is 0 Å². The SMILES string of the molecule is Cc1csc(NS(=O)(=O)c2cc(CNC(C)C)sc2Br)n1. The fraction of sp³-hybridized carbons (Fsp3) is 0.417. The van der Waals surface area contributed by atoms with Gasteiger partial charge in [0.1, 0.15) is 4.90 Å². The lowest BCUT2D eigenvalue weighted by Gasteiger charge is -2.05. The Morgan fingerprint density at radius 3 is 2.71 bits per heavy atom. The van der Waals surface area contributed by atoms with Gasteiger partial charge < -0.3 is 5.32 Å². The molecule has 5 nitrogen and oxygen atoms in total. The number of hydrogen-bond acceptors (Lipinski definition) is 6. The van der Waals surface area contributed by atoms with Crippen LogP contribution >= 0.6 is 38.6 Å². The first-order chi connectivity index (χ1) is 9.78. The standard InChI is InChI=1S/C12H16BrN3O2S3/c1-7(2)14-5-9-4-10(11(13)20-9)21(17,18)16-12-15-8(3)6-19-12/h4,6-7,14H,5H2,1-3H3,(H,15,16). The van der Waals surface area contributed by atoms with Crippen molar-refractivity contribution in [2.45, 2.75) is 38.3 Å². The Hall–Kier alpha value is -0.480. The van der Waals surface area contributed by atoms with Crippen LogP contribution in [0.1, 0.15) is 24.4 Å². The molecule has 0 bridgehead atoms. The lowest BCUT2D eigenvalue weighted by molar-refractivity contribution is 0.592. The van der Waals surface area contributed by atoms with Crippen molar-refractivity contribution in [1.82, 2.24) is 10.3 Å². The third-order valence-corrected chi connectivity index (χ3v) is 7.12. The van der Waals surface area contributed by atoms with Gasteiger partial charge in [-0.1, -0.05) is 13.8 Å². The van der Waals surface area contributed by atoms with E-state index in [1.807, 2.05) is 20.8 Å². The van der Waals surface area contributed by atoms with Crippen LogP contribution in [0.3, 0.4) is 0 Å². The fourth-order valence-corrected chi connectivity index (χ4v) is 6.12. The molecule has 0 aliphatic heterocycles. The molecular weight excluding hydrogens is 394 g/mol. The van der Waals surface area contributed by atoms with Crippen molar-refractivity contribution in [1.29, 1.82) is 0 Å². The largest absolute Gasteiger partial charge is 0.310 e. The molecule has 0 spiro atoms. The smallest absolute Gasteiger partial charge is 0.265 e. The zero-order valence-corrected chi connectivity index (χ0v) is 15.8. The van der Waals surface area contributed by atoms with Crippen LogP contribution in [0.4, 0.5) is 5.13 Å². The number of rotatable bonds is 6. The zero-order chi connectivity index (χ0) is 15.6. The van der Waals surface area contributed by atoms with E-state index in [-0.39, 0.29) is 4.90 Å². The second kappa shape index (κ2) is 6.74. The van der Waals surface area contributed by atoms with Crippen molar-refractivity contribution in [3.63, 3.8) is 0 Å². The van der Waals surface area contributed by atoms with Crippen LogP contribution in [0, 0.1) is 6.92 Å². The maximum absolute atomic E-state index is 12.4. The minimum atomic E-state index is -3.61. The summed E-state index contributed by atoms with van der Waals surface area (Å²) in [5.74, 6) is 0. The molecule has 0 radical (unpaired) electrons. The number of thiophene rings is 1. The van der Waals surface area contributed by atoms with Crippen LogP contribution in [-0.2, 0) is 16.6 Å². The van der Waals surface area contributed by atoms with E-state index in [2.05, 4.69) is 31.0 Å². The molecule has 116 valence electrons. The summed E-state index contributed by atoms with van der Waals surface area (Å²) in [6.07, 6.45) is 0. The van der Waals surface area contributed by atoms with Gasteiger partial charge in [-0.2, -0.15) is 0 Å². The molecule has 0 amide bonds. The minimum absolute atomic E-state index is 0.251. The van der Waals surface area contributed by atoms with E-state index >= 15 is 0 Å². The number of halogens is 1. The molecule has 0 saturated carbocycles.